The first-order chi connectivity index (χ1) is 9.47. The number of hydrogen-bond acceptors (Lipinski definition) is 2. The second-order valence-electron chi connectivity index (χ2n) is 4.86. The maximum atomic E-state index is 12.3. The SMILES string of the molecule is Cc1cc(Br)ccc1NC(=O)c1cccc(N(C)C)c1. The van der Waals surface area contributed by atoms with Crippen LogP contribution in [0.3, 0.4) is 0 Å². The zero-order valence-electron chi connectivity index (χ0n) is 11.8. The molecule has 0 spiro atoms. The number of amides is 1. The third-order valence-corrected chi connectivity index (χ3v) is 3.55. The number of benzene rings is 2. The minimum Gasteiger partial charge on any atom is -0.378 e. The molecule has 0 bridgehead atoms. The Morgan fingerprint density at radius 1 is 1.15 bits per heavy atom. The average Bonchev–Trinajstić information content (AvgIpc) is 2.42. The first kappa shape index (κ1) is 14.6. The molecule has 4 heteroatoms. The number of carbonyl (C=O) groups is 1. The van der Waals surface area contributed by atoms with Gasteiger partial charge in [-0.1, -0.05) is 22.0 Å². The number of rotatable bonds is 3. The van der Waals surface area contributed by atoms with E-state index in [0.29, 0.717) is 5.56 Å². The van der Waals surface area contributed by atoms with Crippen LogP contribution in [0.4, 0.5) is 11.4 Å². The van der Waals surface area contributed by atoms with Crippen LogP contribution < -0.4 is 10.2 Å². The van der Waals surface area contributed by atoms with Gasteiger partial charge in [0.25, 0.3) is 5.91 Å². The molecule has 2 aromatic rings. The number of halogens is 1. The molecule has 0 unspecified atom stereocenters. The topological polar surface area (TPSA) is 32.3 Å². The van der Waals surface area contributed by atoms with Gasteiger partial charge in [-0.05, 0) is 48.9 Å². The Morgan fingerprint density at radius 3 is 2.55 bits per heavy atom. The summed E-state index contributed by atoms with van der Waals surface area (Å²) in [4.78, 5) is 14.3. The van der Waals surface area contributed by atoms with Crippen molar-refractivity contribution in [3.63, 3.8) is 0 Å². The minimum absolute atomic E-state index is 0.0980. The first-order valence-corrected chi connectivity index (χ1v) is 7.11. The van der Waals surface area contributed by atoms with E-state index in [0.717, 1.165) is 21.4 Å². The highest BCUT2D eigenvalue weighted by Crippen LogP contribution is 2.21. The van der Waals surface area contributed by atoms with Gasteiger partial charge in [-0.2, -0.15) is 0 Å². The van der Waals surface area contributed by atoms with Crippen LogP contribution in [0.2, 0.25) is 0 Å². The van der Waals surface area contributed by atoms with E-state index < -0.39 is 0 Å². The lowest BCUT2D eigenvalue weighted by Crippen LogP contribution is -2.14. The highest BCUT2D eigenvalue weighted by atomic mass is 79.9. The maximum Gasteiger partial charge on any atom is 0.255 e. The van der Waals surface area contributed by atoms with E-state index in [1.807, 2.05) is 68.4 Å². The molecular formula is C16H17BrN2O. The van der Waals surface area contributed by atoms with Crippen LogP contribution >= 0.6 is 15.9 Å². The average molecular weight is 333 g/mol. The van der Waals surface area contributed by atoms with Gasteiger partial charge in [0.05, 0.1) is 0 Å². The zero-order chi connectivity index (χ0) is 14.7. The van der Waals surface area contributed by atoms with Gasteiger partial charge >= 0.3 is 0 Å². The summed E-state index contributed by atoms with van der Waals surface area (Å²) >= 11 is 3.41. The van der Waals surface area contributed by atoms with Gasteiger partial charge < -0.3 is 10.2 Å². The second kappa shape index (κ2) is 6.09. The molecule has 0 saturated heterocycles. The molecule has 0 aliphatic heterocycles. The van der Waals surface area contributed by atoms with Gasteiger partial charge in [-0.25, -0.2) is 0 Å². The second-order valence-corrected chi connectivity index (χ2v) is 5.77. The molecule has 0 heterocycles. The van der Waals surface area contributed by atoms with Gasteiger partial charge in [-0.3, -0.25) is 4.79 Å². The fraction of sp³-hybridized carbons (Fsp3) is 0.188. The van der Waals surface area contributed by atoms with Crippen molar-refractivity contribution in [3.05, 3.63) is 58.1 Å². The predicted molar refractivity (Wildman–Crippen MR) is 87.6 cm³/mol. The van der Waals surface area contributed by atoms with Gasteiger partial charge in [0.15, 0.2) is 0 Å². The van der Waals surface area contributed by atoms with E-state index in [-0.39, 0.29) is 5.91 Å². The van der Waals surface area contributed by atoms with Crippen molar-refractivity contribution >= 4 is 33.2 Å². The summed E-state index contributed by atoms with van der Waals surface area (Å²) in [5.41, 5.74) is 3.51. The van der Waals surface area contributed by atoms with E-state index >= 15 is 0 Å². The summed E-state index contributed by atoms with van der Waals surface area (Å²) in [5, 5.41) is 2.94. The van der Waals surface area contributed by atoms with Crippen LogP contribution in [0.5, 0.6) is 0 Å². The molecule has 0 radical (unpaired) electrons. The highest BCUT2D eigenvalue weighted by Gasteiger charge is 2.09. The first-order valence-electron chi connectivity index (χ1n) is 6.32. The monoisotopic (exact) mass is 332 g/mol. The Bertz CT molecular complexity index is 638. The van der Waals surface area contributed by atoms with E-state index in [1.54, 1.807) is 0 Å². The smallest absolute Gasteiger partial charge is 0.255 e. The molecule has 0 atom stereocenters. The van der Waals surface area contributed by atoms with E-state index in [9.17, 15) is 4.79 Å². The lowest BCUT2D eigenvalue weighted by Gasteiger charge is -2.14. The van der Waals surface area contributed by atoms with Crippen molar-refractivity contribution in [2.24, 2.45) is 0 Å². The molecule has 2 aromatic carbocycles. The Kier molecular flexibility index (Phi) is 4.45. The fourth-order valence-corrected chi connectivity index (χ4v) is 2.36. The van der Waals surface area contributed by atoms with Crippen LogP contribution in [0.1, 0.15) is 15.9 Å². The quantitative estimate of drug-likeness (QED) is 0.918. The molecule has 0 fully saturated rings. The van der Waals surface area contributed by atoms with Crippen LogP contribution in [0.25, 0.3) is 0 Å². The van der Waals surface area contributed by atoms with Crippen LogP contribution in [-0.2, 0) is 0 Å². The Labute approximate surface area is 127 Å². The number of hydrogen-bond donors (Lipinski definition) is 1. The highest BCUT2D eigenvalue weighted by molar-refractivity contribution is 9.10. The van der Waals surface area contributed by atoms with Crippen LogP contribution in [-0.4, -0.2) is 20.0 Å². The standard InChI is InChI=1S/C16H17BrN2O/c1-11-9-13(17)7-8-15(11)18-16(20)12-5-4-6-14(10-12)19(2)3/h4-10H,1-3H3,(H,18,20). The summed E-state index contributed by atoms with van der Waals surface area (Å²) in [6.07, 6.45) is 0. The third kappa shape index (κ3) is 3.39. The molecule has 0 saturated carbocycles. The summed E-state index contributed by atoms with van der Waals surface area (Å²) in [6, 6.07) is 13.3. The normalized spacial score (nSPS) is 10.2. The molecule has 0 aromatic heterocycles. The summed E-state index contributed by atoms with van der Waals surface area (Å²) in [5.74, 6) is -0.0980. The van der Waals surface area contributed by atoms with Gasteiger partial charge in [0.2, 0.25) is 0 Å². The van der Waals surface area contributed by atoms with Crippen molar-refractivity contribution in [1.82, 2.24) is 0 Å². The number of aryl methyl sites for hydroxylation is 1. The molecule has 1 N–H and O–H groups in total. The largest absolute Gasteiger partial charge is 0.378 e. The van der Waals surface area contributed by atoms with Crippen molar-refractivity contribution < 1.29 is 4.79 Å². The zero-order valence-corrected chi connectivity index (χ0v) is 13.4. The Morgan fingerprint density at radius 2 is 1.90 bits per heavy atom. The van der Waals surface area contributed by atoms with E-state index in [2.05, 4.69) is 21.2 Å². The molecule has 0 aliphatic rings. The maximum absolute atomic E-state index is 12.3. The predicted octanol–water partition coefficient (Wildman–Crippen LogP) is 4.08. The van der Waals surface area contributed by atoms with Crippen molar-refractivity contribution in [2.75, 3.05) is 24.3 Å². The minimum atomic E-state index is -0.0980. The number of nitrogens with zero attached hydrogens (tertiary/aromatic N) is 1. The summed E-state index contributed by atoms with van der Waals surface area (Å²) in [7, 11) is 3.91. The molecule has 3 nitrogen and oxygen atoms in total. The lowest BCUT2D eigenvalue weighted by atomic mass is 10.1. The van der Waals surface area contributed by atoms with Gasteiger partial charge in [0, 0.05) is 35.5 Å². The van der Waals surface area contributed by atoms with Crippen LogP contribution in [0.15, 0.2) is 46.9 Å². The van der Waals surface area contributed by atoms with Gasteiger partial charge in [-0.15, -0.1) is 0 Å². The number of anilines is 2. The fourth-order valence-electron chi connectivity index (χ4n) is 1.89. The third-order valence-electron chi connectivity index (χ3n) is 3.06. The molecule has 2 rings (SSSR count). The van der Waals surface area contributed by atoms with Crippen molar-refractivity contribution in [1.29, 1.82) is 0 Å². The van der Waals surface area contributed by atoms with Crippen molar-refractivity contribution in [2.45, 2.75) is 6.92 Å². The molecule has 20 heavy (non-hydrogen) atoms. The number of carbonyl (C=O) groups excluding carboxylic acids is 1. The summed E-state index contributed by atoms with van der Waals surface area (Å²) in [6.45, 7) is 1.97. The van der Waals surface area contributed by atoms with E-state index in [4.69, 9.17) is 0 Å². The lowest BCUT2D eigenvalue weighted by molar-refractivity contribution is 0.102. The Hall–Kier alpha value is -1.81. The Balaban J connectivity index is 2.21. The van der Waals surface area contributed by atoms with Crippen molar-refractivity contribution in [3.8, 4) is 0 Å². The van der Waals surface area contributed by atoms with E-state index in [1.165, 1.54) is 0 Å². The molecule has 0 aliphatic carbocycles. The molecule has 104 valence electrons. The van der Waals surface area contributed by atoms with Gasteiger partial charge in [0.1, 0.15) is 0 Å². The molecular weight excluding hydrogens is 316 g/mol. The number of nitrogens with one attached hydrogen (secondary N) is 1. The molecule has 1 amide bonds. The van der Waals surface area contributed by atoms with Crippen LogP contribution in [0, 0.1) is 6.92 Å². The summed E-state index contributed by atoms with van der Waals surface area (Å²) < 4.78 is 1.00.